The summed E-state index contributed by atoms with van der Waals surface area (Å²) in [6, 6.07) is 7.57. The first-order chi connectivity index (χ1) is 15.6. The van der Waals surface area contributed by atoms with Crippen molar-refractivity contribution in [1.82, 2.24) is 9.78 Å². The predicted octanol–water partition coefficient (Wildman–Crippen LogP) is 3.42. The van der Waals surface area contributed by atoms with Crippen LogP contribution in [0.3, 0.4) is 0 Å². The van der Waals surface area contributed by atoms with E-state index in [-0.39, 0.29) is 34.9 Å². The van der Waals surface area contributed by atoms with Gasteiger partial charge in [0, 0.05) is 11.3 Å². The van der Waals surface area contributed by atoms with E-state index in [1.165, 1.54) is 47.2 Å². The van der Waals surface area contributed by atoms with E-state index in [9.17, 15) is 27.2 Å². The van der Waals surface area contributed by atoms with Crippen molar-refractivity contribution in [3.63, 3.8) is 0 Å². The molecular weight excluding hydrogens is 446 g/mol. The number of alkyl halides is 3. The summed E-state index contributed by atoms with van der Waals surface area (Å²) < 4.78 is 58.3. The molecule has 33 heavy (non-hydrogen) atoms. The van der Waals surface area contributed by atoms with Crippen LogP contribution in [0.2, 0.25) is 0 Å². The van der Waals surface area contributed by atoms with Crippen molar-refractivity contribution in [2.75, 3.05) is 23.9 Å². The van der Waals surface area contributed by atoms with Crippen LogP contribution in [0.1, 0.15) is 32.6 Å². The van der Waals surface area contributed by atoms with E-state index in [0.717, 1.165) is 18.2 Å². The Morgan fingerprint density at radius 2 is 1.91 bits per heavy atom. The van der Waals surface area contributed by atoms with Crippen LogP contribution in [0.4, 0.5) is 28.9 Å². The fourth-order valence-corrected chi connectivity index (χ4v) is 3.44. The van der Waals surface area contributed by atoms with Gasteiger partial charge in [-0.2, -0.15) is 18.3 Å². The van der Waals surface area contributed by atoms with Crippen LogP contribution in [-0.2, 0) is 6.18 Å². The SMILES string of the molecule is COc1cc(C(=O)Nc2cnn3c2C(=O)N(c2ccc(C(F)(F)F)cc2)CC3N)ccc1F. The monoisotopic (exact) mass is 463 g/mol. The highest BCUT2D eigenvalue weighted by Gasteiger charge is 2.35. The van der Waals surface area contributed by atoms with E-state index in [4.69, 9.17) is 10.5 Å². The molecule has 3 aromatic rings. The van der Waals surface area contributed by atoms with E-state index in [1.54, 1.807) is 0 Å². The van der Waals surface area contributed by atoms with Gasteiger partial charge in [0.25, 0.3) is 11.8 Å². The highest BCUT2D eigenvalue weighted by Crippen LogP contribution is 2.33. The molecule has 2 heterocycles. The van der Waals surface area contributed by atoms with Gasteiger partial charge in [0.1, 0.15) is 6.17 Å². The molecule has 1 aliphatic rings. The zero-order chi connectivity index (χ0) is 23.9. The number of anilines is 2. The van der Waals surface area contributed by atoms with Gasteiger partial charge in [-0.15, -0.1) is 0 Å². The minimum Gasteiger partial charge on any atom is -0.494 e. The third kappa shape index (κ3) is 4.12. The number of aromatic nitrogens is 2. The topological polar surface area (TPSA) is 102 Å². The highest BCUT2D eigenvalue weighted by atomic mass is 19.4. The molecule has 0 bridgehead atoms. The Kier molecular flexibility index (Phi) is 5.54. The molecule has 0 aliphatic carbocycles. The van der Waals surface area contributed by atoms with Crippen molar-refractivity contribution in [1.29, 1.82) is 0 Å². The van der Waals surface area contributed by atoms with E-state index in [1.807, 2.05) is 0 Å². The maximum absolute atomic E-state index is 13.6. The molecule has 0 saturated heterocycles. The summed E-state index contributed by atoms with van der Waals surface area (Å²) in [5.41, 5.74) is 5.52. The van der Waals surface area contributed by atoms with Crippen molar-refractivity contribution in [2.45, 2.75) is 12.3 Å². The maximum Gasteiger partial charge on any atom is 0.416 e. The number of nitrogens with zero attached hydrogens (tertiary/aromatic N) is 3. The summed E-state index contributed by atoms with van der Waals surface area (Å²) in [6.07, 6.45) is -4.08. The number of halogens is 4. The van der Waals surface area contributed by atoms with Crippen LogP contribution in [0.25, 0.3) is 0 Å². The van der Waals surface area contributed by atoms with Gasteiger partial charge >= 0.3 is 6.18 Å². The molecular formula is C21H17F4N5O3. The van der Waals surface area contributed by atoms with Gasteiger partial charge in [-0.05, 0) is 42.5 Å². The highest BCUT2D eigenvalue weighted by molar-refractivity contribution is 6.13. The van der Waals surface area contributed by atoms with Crippen molar-refractivity contribution in [3.8, 4) is 5.75 Å². The average molecular weight is 463 g/mol. The summed E-state index contributed by atoms with van der Waals surface area (Å²) in [4.78, 5) is 27.0. The number of rotatable bonds is 4. The fraction of sp³-hybridized carbons (Fsp3) is 0.190. The number of hydrogen-bond acceptors (Lipinski definition) is 5. The minimum absolute atomic E-state index is 0.0403. The first kappa shape index (κ1) is 22.3. The summed E-state index contributed by atoms with van der Waals surface area (Å²) in [5.74, 6) is -2.05. The zero-order valence-corrected chi connectivity index (χ0v) is 17.1. The molecule has 0 radical (unpaired) electrons. The van der Waals surface area contributed by atoms with Crippen LogP contribution in [0.15, 0.2) is 48.7 Å². The normalized spacial score (nSPS) is 15.9. The third-order valence-electron chi connectivity index (χ3n) is 5.09. The standard InChI is InChI=1S/C21H17F4N5O3/c1-33-16-8-11(2-7-14(16)22)19(31)28-15-9-27-30-17(26)10-29(20(32)18(15)30)13-5-3-12(4-6-13)21(23,24)25/h2-9,17H,10,26H2,1H3,(H,28,31). The molecule has 0 saturated carbocycles. The van der Waals surface area contributed by atoms with Gasteiger partial charge in [-0.3, -0.25) is 9.59 Å². The average Bonchev–Trinajstić information content (AvgIpc) is 3.20. The van der Waals surface area contributed by atoms with Crippen LogP contribution in [0, 0.1) is 5.82 Å². The number of carbonyl (C=O) groups is 2. The minimum atomic E-state index is -4.51. The van der Waals surface area contributed by atoms with E-state index < -0.39 is 35.5 Å². The van der Waals surface area contributed by atoms with Crippen LogP contribution < -0.4 is 20.7 Å². The Morgan fingerprint density at radius 1 is 1.21 bits per heavy atom. The molecule has 12 heteroatoms. The number of amides is 2. The van der Waals surface area contributed by atoms with E-state index >= 15 is 0 Å². The van der Waals surface area contributed by atoms with Crippen molar-refractivity contribution in [2.24, 2.45) is 5.73 Å². The van der Waals surface area contributed by atoms with E-state index in [2.05, 4.69) is 10.4 Å². The lowest BCUT2D eigenvalue weighted by Crippen LogP contribution is -2.46. The van der Waals surface area contributed by atoms with Crippen molar-refractivity contribution >= 4 is 23.2 Å². The van der Waals surface area contributed by atoms with Crippen molar-refractivity contribution in [3.05, 3.63) is 71.3 Å². The molecule has 0 fully saturated rings. The first-order valence-corrected chi connectivity index (χ1v) is 9.57. The number of hydrogen-bond donors (Lipinski definition) is 2. The van der Waals surface area contributed by atoms with Crippen LogP contribution in [0.5, 0.6) is 5.75 Å². The molecule has 0 spiro atoms. The summed E-state index contributed by atoms with van der Waals surface area (Å²) in [6.45, 7) is -0.0403. The zero-order valence-electron chi connectivity index (χ0n) is 17.1. The Bertz CT molecular complexity index is 1220. The molecule has 1 unspecified atom stereocenters. The smallest absolute Gasteiger partial charge is 0.416 e. The second-order valence-electron chi connectivity index (χ2n) is 7.18. The van der Waals surface area contributed by atoms with Gasteiger partial charge in [0.15, 0.2) is 17.3 Å². The molecule has 1 aromatic heterocycles. The van der Waals surface area contributed by atoms with E-state index in [0.29, 0.717) is 0 Å². The number of benzene rings is 2. The predicted molar refractivity (Wildman–Crippen MR) is 109 cm³/mol. The number of nitrogens with one attached hydrogen (secondary N) is 1. The molecule has 8 nitrogen and oxygen atoms in total. The Hall–Kier alpha value is -3.93. The second kappa shape index (κ2) is 8.20. The van der Waals surface area contributed by atoms with Gasteiger partial charge in [0.2, 0.25) is 0 Å². The molecule has 1 aliphatic heterocycles. The Morgan fingerprint density at radius 3 is 2.55 bits per heavy atom. The summed E-state index contributed by atoms with van der Waals surface area (Å²) in [7, 11) is 1.25. The quantitative estimate of drug-likeness (QED) is 0.578. The van der Waals surface area contributed by atoms with Crippen LogP contribution in [-0.4, -0.2) is 35.2 Å². The van der Waals surface area contributed by atoms with Crippen molar-refractivity contribution < 1.29 is 31.9 Å². The molecule has 3 N–H and O–H groups in total. The first-order valence-electron chi connectivity index (χ1n) is 9.57. The lowest BCUT2D eigenvalue weighted by Gasteiger charge is -2.32. The van der Waals surface area contributed by atoms with Gasteiger partial charge < -0.3 is 20.7 Å². The fourth-order valence-electron chi connectivity index (χ4n) is 3.44. The summed E-state index contributed by atoms with van der Waals surface area (Å²) >= 11 is 0. The number of fused-ring (bicyclic) bond motifs is 1. The Balaban J connectivity index is 1.62. The molecule has 1 atom stereocenters. The summed E-state index contributed by atoms with van der Waals surface area (Å²) in [5, 5.41) is 6.59. The molecule has 2 amide bonds. The Labute approximate surface area is 184 Å². The maximum atomic E-state index is 13.6. The van der Waals surface area contributed by atoms with Gasteiger partial charge in [0.05, 0.1) is 31.1 Å². The lowest BCUT2D eigenvalue weighted by atomic mass is 10.1. The number of ether oxygens (including phenoxy) is 1. The lowest BCUT2D eigenvalue weighted by molar-refractivity contribution is -0.137. The number of carbonyl (C=O) groups excluding carboxylic acids is 2. The van der Waals surface area contributed by atoms with Gasteiger partial charge in [-0.1, -0.05) is 0 Å². The van der Waals surface area contributed by atoms with Gasteiger partial charge in [-0.25, -0.2) is 9.07 Å². The molecule has 172 valence electrons. The van der Waals surface area contributed by atoms with Crippen LogP contribution >= 0.6 is 0 Å². The second-order valence-corrected chi connectivity index (χ2v) is 7.18. The largest absolute Gasteiger partial charge is 0.494 e. The molecule has 2 aromatic carbocycles. The number of methoxy groups -OCH3 is 1. The number of nitrogens with two attached hydrogens (primary N) is 1. The third-order valence-corrected chi connectivity index (χ3v) is 5.09. The molecule has 4 rings (SSSR count).